The van der Waals surface area contributed by atoms with Gasteiger partial charge < -0.3 is 34.1 Å². The third-order valence-corrected chi connectivity index (χ3v) is 12.9. The fourth-order valence-electron chi connectivity index (χ4n) is 8.42. The zero-order valence-electron chi connectivity index (χ0n) is 34.4. The fourth-order valence-corrected chi connectivity index (χ4v) is 9.76. The smallest absolute Gasteiger partial charge is 0.255 e. The molecular formula is C43H49ClN8O8S. The van der Waals surface area contributed by atoms with Crippen molar-refractivity contribution in [2.75, 3.05) is 71.0 Å². The highest BCUT2D eigenvalue weighted by Crippen LogP contribution is 2.47. The van der Waals surface area contributed by atoms with Gasteiger partial charge in [0, 0.05) is 57.4 Å². The van der Waals surface area contributed by atoms with E-state index in [0.29, 0.717) is 88.6 Å². The number of anilines is 1. The van der Waals surface area contributed by atoms with Gasteiger partial charge in [-0.15, -0.1) is 21.5 Å². The van der Waals surface area contributed by atoms with Crippen LogP contribution in [0, 0.1) is 20.8 Å². The third-order valence-electron chi connectivity index (χ3n) is 11.5. The van der Waals surface area contributed by atoms with Gasteiger partial charge in [-0.3, -0.25) is 34.1 Å². The third kappa shape index (κ3) is 8.99. The van der Waals surface area contributed by atoms with E-state index in [4.69, 9.17) is 35.5 Å². The maximum atomic E-state index is 13.4. The lowest BCUT2D eigenvalue weighted by Gasteiger charge is -2.39. The maximum absolute atomic E-state index is 13.4. The van der Waals surface area contributed by atoms with Gasteiger partial charge in [-0.2, -0.15) is 0 Å². The number of aliphatic imine (C=N–C) groups is 1. The predicted molar refractivity (Wildman–Crippen MR) is 228 cm³/mol. The quantitative estimate of drug-likeness (QED) is 0.0815. The van der Waals surface area contributed by atoms with E-state index < -0.39 is 18.0 Å². The normalized spacial score (nSPS) is 19.3. The van der Waals surface area contributed by atoms with Crippen molar-refractivity contribution in [3.8, 4) is 5.00 Å². The Balaban J connectivity index is 0.709. The summed E-state index contributed by atoms with van der Waals surface area (Å²) in [6.07, 6.45) is 1.33. The van der Waals surface area contributed by atoms with Crippen LogP contribution in [0.25, 0.3) is 5.00 Å². The zero-order valence-corrected chi connectivity index (χ0v) is 36.0. The number of halogens is 1. The number of carbonyl (C=O) groups is 4. The zero-order chi connectivity index (χ0) is 42.6. The minimum atomic E-state index is -0.639. The fraction of sp³-hybridized carbons (Fsp3) is 0.465. The molecule has 2 aromatic carbocycles. The van der Waals surface area contributed by atoms with Gasteiger partial charge in [-0.1, -0.05) is 29.8 Å². The molecule has 2 N–H and O–H groups in total. The van der Waals surface area contributed by atoms with Crippen molar-refractivity contribution < 1.29 is 38.1 Å². The van der Waals surface area contributed by atoms with Crippen LogP contribution in [0.4, 0.5) is 5.69 Å². The number of carbonyl (C=O) groups excluding carboxylic acids is 4. The van der Waals surface area contributed by atoms with Gasteiger partial charge >= 0.3 is 0 Å². The first kappa shape index (κ1) is 42.6. The van der Waals surface area contributed by atoms with E-state index in [-0.39, 0.29) is 43.3 Å². The molecule has 0 saturated carbocycles. The average molecular weight is 873 g/mol. The number of benzene rings is 2. The average Bonchev–Trinajstić information content (AvgIpc) is 3.84. The Bertz CT molecular complexity index is 2330. The lowest BCUT2D eigenvalue weighted by atomic mass is 9.94. The second-order valence-electron chi connectivity index (χ2n) is 15.3. The van der Waals surface area contributed by atoms with Gasteiger partial charge in [-0.25, -0.2) is 0 Å². The summed E-state index contributed by atoms with van der Waals surface area (Å²) >= 11 is 7.88. The number of amides is 4. The molecule has 4 aliphatic rings. The summed E-state index contributed by atoms with van der Waals surface area (Å²) in [4.78, 5) is 61.2. The van der Waals surface area contributed by atoms with E-state index in [1.54, 1.807) is 16.2 Å². The number of imide groups is 1. The van der Waals surface area contributed by atoms with E-state index in [2.05, 4.69) is 39.6 Å². The molecule has 2 unspecified atom stereocenters. The molecule has 4 amide bonds. The Kier molecular flexibility index (Phi) is 13.2. The highest BCUT2D eigenvalue weighted by Gasteiger charge is 2.47. The van der Waals surface area contributed by atoms with Crippen LogP contribution in [0.15, 0.2) is 47.5 Å². The Morgan fingerprint density at radius 2 is 1.62 bits per heavy atom. The number of aromatic nitrogens is 3. The summed E-state index contributed by atoms with van der Waals surface area (Å²) in [6, 6.07) is 11.9. The summed E-state index contributed by atoms with van der Waals surface area (Å²) in [7, 11) is 0. The molecule has 8 rings (SSSR count). The van der Waals surface area contributed by atoms with Crippen LogP contribution in [0.1, 0.15) is 86.9 Å². The van der Waals surface area contributed by atoms with Crippen molar-refractivity contribution in [2.45, 2.75) is 64.6 Å². The molecule has 0 bridgehead atoms. The van der Waals surface area contributed by atoms with E-state index in [1.807, 2.05) is 54.0 Å². The van der Waals surface area contributed by atoms with E-state index in [0.717, 1.165) is 44.5 Å². The predicted octanol–water partition coefficient (Wildman–Crippen LogP) is 4.54. The van der Waals surface area contributed by atoms with Crippen molar-refractivity contribution in [3.63, 3.8) is 0 Å². The van der Waals surface area contributed by atoms with Gasteiger partial charge in [0.25, 0.3) is 5.91 Å². The number of nitrogens with one attached hydrogen (secondary N) is 2. The topological polar surface area (TPSA) is 179 Å². The van der Waals surface area contributed by atoms with Crippen molar-refractivity contribution in [1.29, 1.82) is 0 Å². The summed E-state index contributed by atoms with van der Waals surface area (Å²) in [5.74, 6) is 0.265. The van der Waals surface area contributed by atoms with Crippen LogP contribution in [-0.2, 0) is 33.3 Å². The number of aryl methyl sites for hydroxylation is 2. The highest BCUT2D eigenvalue weighted by atomic mass is 35.5. The van der Waals surface area contributed by atoms with Crippen LogP contribution >= 0.6 is 22.9 Å². The largest absolute Gasteiger partial charge is 0.377 e. The maximum Gasteiger partial charge on any atom is 0.255 e. The number of rotatable bonds is 18. The van der Waals surface area contributed by atoms with E-state index >= 15 is 0 Å². The SMILES string of the molecule is Cc1sc2c(c1C)C(c1ccc(Cl)cc1)=N[C@@H](CC(=O)NCOCCOCCOCCOCCN1CCC3c4c(cccc41)C(=O)N3C1CCC(=O)NC1=O)c1nnc(C)n1-2. The minimum absolute atomic E-state index is 0.0254. The van der Waals surface area contributed by atoms with Crippen LogP contribution in [-0.4, -0.2) is 121 Å². The number of ether oxygens (including phenoxy) is 4. The Hall–Kier alpha value is -5.04. The van der Waals surface area contributed by atoms with Gasteiger partial charge in [-0.05, 0) is 63.4 Å². The molecule has 16 nitrogen and oxygen atoms in total. The molecule has 4 aliphatic heterocycles. The molecule has 2 aromatic heterocycles. The van der Waals surface area contributed by atoms with Crippen LogP contribution in [0.5, 0.6) is 0 Å². The molecular weight excluding hydrogens is 824 g/mol. The monoisotopic (exact) mass is 872 g/mol. The van der Waals surface area contributed by atoms with Crippen LogP contribution < -0.4 is 15.5 Å². The molecule has 1 saturated heterocycles. The molecule has 0 spiro atoms. The number of nitrogens with zero attached hydrogens (tertiary/aromatic N) is 6. The first-order valence-electron chi connectivity index (χ1n) is 20.6. The molecule has 0 radical (unpaired) electrons. The molecule has 322 valence electrons. The molecule has 61 heavy (non-hydrogen) atoms. The minimum Gasteiger partial charge on any atom is -0.377 e. The van der Waals surface area contributed by atoms with E-state index in [1.165, 1.54) is 4.88 Å². The molecule has 0 aliphatic carbocycles. The van der Waals surface area contributed by atoms with Gasteiger partial charge in [0.05, 0.1) is 64.4 Å². The molecule has 18 heteroatoms. The van der Waals surface area contributed by atoms with Crippen LogP contribution in [0.3, 0.4) is 0 Å². The lowest BCUT2D eigenvalue weighted by Crippen LogP contribution is -2.54. The number of hydrogen-bond donors (Lipinski definition) is 2. The summed E-state index contributed by atoms with van der Waals surface area (Å²) in [5.41, 5.74) is 6.39. The summed E-state index contributed by atoms with van der Waals surface area (Å²) < 4.78 is 24.8. The van der Waals surface area contributed by atoms with Crippen molar-refractivity contribution in [2.24, 2.45) is 4.99 Å². The standard InChI is InChI=1S/C43H49ClN8O8S/c1-25-26(2)61-43-37(25)39(28-7-9-29(44)10-8-28)46-31(40-49-48-27(3)51(40)43)23-36(54)45-24-60-22-21-59-20-19-58-18-17-57-16-15-50-14-13-33-38-30(5-4-6-32(38)50)42(56)52(33)34-11-12-35(53)47-41(34)55/h4-10,31,33-34H,11-24H2,1-3H3,(H,45,54)(H,47,53,55)/t31-,33?,34?/m0/s1. The first-order chi connectivity index (χ1) is 29.6. The number of fused-ring (bicyclic) bond motifs is 3. The molecule has 1 fully saturated rings. The second kappa shape index (κ2) is 18.9. The second-order valence-corrected chi connectivity index (χ2v) is 16.9. The molecule has 3 atom stereocenters. The first-order valence-corrected chi connectivity index (χ1v) is 21.8. The molecule has 6 heterocycles. The Morgan fingerprint density at radius 1 is 0.902 bits per heavy atom. The van der Waals surface area contributed by atoms with E-state index in [9.17, 15) is 19.2 Å². The Labute approximate surface area is 362 Å². The van der Waals surface area contributed by atoms with Crippen LogP contribution in [0.2, 0.25) is 5.02 Å². The highest BCUT2D eigenvalue weighted by molar-refractivity contribution is 7.15. The van der Waals surface area contributed by atoms with Crippen molar-refractivity contribution >= 4 is 58.0 Å². The lowest BCUT2D eigenvalue weighted by molar-refractivity contribution is -0.137. The number of piperidine rings is 1. The van der Waals surface area contributed by atoms with Gasteiger partial charge in [0.15, 0.2) is 5.82 Å². The van der Waals surface area contributed by atoms with Gasteiger partial charge in [0.1, 0.15) is 29.6 Å². The summed E-state index contributed by atoms with van der Waals surface area (Å²) in [6.45, 7) is 10.2. The van der Waals surface area contributed by atoms with Crippen molar-refractivity contribution in [3.05, 3.63) is 91.8 Å². The number of hydrogen-bond acceptors (Lipinski definition) is 13. The molecule has 4 aromatic rings. The summed E-state index contributed by atoms with van der Waals surface area (Å²) in [5, 5.41) is 15.7. The number of thiophene rings is 1. The Morgan fingerprint density at radius 3 is 2.36 bits per heavy atom. The van der Waals surface area contributed by atoms with Gasteiger partial charge in [0.2, 0.25) is 17.7 Å². The van der Waals surface area contributed by atoms with Crippen molar-refractivity contribution in [1.82, 2.24) is 30.3 Å².